The predicted octanol–water partition coefficient (Wildman–Crippen LogP) is 2.58. The molecule has 0 saturated carbocycles. The molecule has 3 aromatic rings. The number of anilines is 4. The Morgan fingerprint density at radius 3 is 2.49 bits per heavy atom. The average Bonchev–Trinajstić information content (AvgIpc) is 2.86. The first-order valence-corrected chi connectivity index (χ1v) is 11.8. The maximum atomic E-state index is 13.2. The standard InChI is InChI=1S/C26H29N7O2/c1-17-3-4-18(24(27)34)15-23(17)33-10-9-22-21(25(33)35)16-28-26(30-22)29-19-5-7-20(8-6-19)32-13-11-31(2)12-14-32/h3-8,15-16H,9-14H2,1-2H3,(H2,27,34)(H,28,29,30). The molecule has 1 fully saturated rings. The summed E-state index contributed by atoms with van der Waals surface area (Å²) in [6.07, 6.45) is 2.16. The molecule has 1 aromatic heterocycles. The summed E-state index contributed by atoms with van der Waals surface area (Å²) in [4.78, 5) is 40.2. The molecular formula is C26H29N7O2. The van der Waals surface area contributed by atoms with Crippen molar-refractivity contribution in [3.8, 4) is 0 Å². The third kappa shape index (κ3) is 4.67. The van der Waals surface area contributed by atoms with Crippen molar-refractivity contribution in [1.82, 2.24) is 14.9 Å². The number of nitrogens with one attached hydrogen (secondary N) is 1. The van der Waals surface area contributed by atoms with E-state index in [1.54, 1.807) is 29.3 Å². The molecule has 2 aromatic carbocycles. The Morgan fingerprint density at radius 1 is 1.03 bits per heavy atom. The Hall–Kier alpha value is -3.98. The molecule has 0 aliphatic carbocycles. The molecule has 2 aliphatic heterocycles. The summed E-state index contributed by atoms with van der Waals surface area (Å²) in [5.41, 5.74) is 10.7. The molecule has 0 radical (unpaired) electrons. The van der Waals surface area contributed by atoms with Crippen LogP contribution in [-0.2, 0) is 6.42 Å². The van der Waals surface area contributed by atoms with Crippen LogP contribution in [0.3, 0.4) is 0 Å². The van der Waals surface area contributed by atoms with Crippen LogP contribution in [0.1, 0.15) is 32.0 Å². The topological polar surface area (TPSA) is 108 Å². The minimum Gasteiger partial charge on any atom is -0.369 e. The van der Waals surface area contributed by atoms with Crippen LogP contribution in [0.15, 0.2) is 48.7 Å². The molecule has 1 saturated heterocycles. The van der Waals surface area contributed by atoms with Crippen LogP contribution >= 0.6 is 0 Å². The van der Waals surface area contributed by atoms with Crippen molar-refractivity contribution < 1.29 is 9.59 Å². The van der Waals surface area contributed by atoms with Crippen LogP contribution in [0.25, 0.3) is 0 Å². The van der Waals surface area contributed by atoms with E-state index in [1.165, 1.54) is 5.69 Å². The quantitative estimate of drug-likeness (QED) is 0.589. The Bertz CT molecular complexity index is 1270. The van der Waals surface area contributed by atoms with E-state index in [2.05, 4.69) is 44.3 Å². The van der Waals surface area contributed by atoms with Crippen molar-refractivity contribution >= 4 is 34.8 Å². The first kappa shape index (κ1) is 22.8. The van der Waals surface area contributed by atoms with Gasteiger partial charge in [0.25, 0.3) is 5.91 Å². The third-order valence-corrected chi connectivity index (χ3v) is 6.69. The van der Waals surface area contributed by atoms with Crippen molar-refractivity contribution in [3.63, 3.8) is 0 Å². The van der Waals surface area contributed by atoms with Crippen LogP contribution in [0, 0.1) is 6.92 Å². The Labute approximate surface area is 204 Å². The maximum absolute atomic E-state index is 13.2. The van der Waals surface area contributed by atoms with Crippen LogP contribution < -0.4 is 20.9 Å². The molecule has 9 heteroatoms. The molecule has 0 bridgehead atoms. The number of carbonyl (C=O) groups is 2. The van der Waals surface area contributed by atoms with Gasteiger partial charge in [-0.2, -0.15) is 0 Å². The van der Waals surface area contributed by atoms with Gasteiger partial charge >= 0.3 is 0 Å². The monoisotopic (exact) mass is 471 g/mol. The van der Waals surface area contributed by atoms with Gasteiger partial charge in [-0.15, -0.1) is 0 Å². The summed E-state index contributed by atoms with van der Waals surface area (Å²) >= 11 is 0. The molecule has 35 heavy (non-hydrogen) atoms. The zero-order valence-corrected chi connectivity index (χ0v) is 20.0. The lowest BCUT2D eigenvalue weighted by Gasteiger charge is -2.34. The summed E-state index contributed by atoms with van der Waals surface area (Å²) in [6, 6.07) is 13.4. The largest absolute Gasteiger partial charge is 0.369 e. The second-order valence-corrected chi connectivity index (χ2v) is 9.09. The van der Waals surface area contributed by atoms with Gasteiger partial charge < -0.3 is 25.8 Å². The highest BCUT2D eigenvalue weighted by Crippen LogP contribution is 2.28. The van der Waals surface area contributed by atoms with Gasteiger partial charge in [0.2, 0.25) is 11.9 Å². The van der Waals surface area contributed by atoms with E-state index < -0.39 is 5.91 Å². The zero-order valence-electron chi connectivity index (χ0n) is 20.0. The molecule has 0 atom stereocenters. The molecule has 180 valence electrons. The minimum atomic E-state index is -0.522. The number of primary amides is 1. The Balaban J connectivity index is 1.30. The number of nitrogens with two attached hydrogens (primary N) is 1. The minimum absolute atomic E-state index is 0.181. The summed E-state index contributed by atoms with van der Waals surface area (Å²) in [7, 11) is 2.15. The van der Waals surface area contributed by atoms with Gasteiger partial charge in [-0.1, -0.05) is 6.07 Å². The van der Waals surface area contributed by atoms with E-state index in [9.17, 15) is 9.59 Å². The lowest BCUT2D eigenvalue weighted by molar-refractivity contribution is 0.0974. The number of fused-ring (bicyclic) bond motifs is 1. The average molecular weight is 472 g/mol. The summed E-state index contributed by atoms with van der Waals surface area (Å²) < 4.78 is 0. The number of aromatic nitrogens is 2. The molecule has 3 heterocycles. The lowest BCUT2D eigenvalue weighted by Crippen LogP contribution is -2.44. The number of aryl methyl sites for hydroxylation is 1. The Kier molecular flexibility index (Phi) is 6.08. The second-order valence-electron chi connectivity index (χ2n) is 9.09. The highest BCUT2D eigenvalue weighted by atomic mass is 16.2. The van der Waals surface area contributed by atoms with Crippen molar-refractivity contribution in [1.29, 1.82) is 0 Å². The number of hydrogen-bond acceptors (Lipinski definition) is 7. The van der Waals surface area contributed by atoms with Crippen LogP contribution in [0.5, 0.6) is 0 Å². The molecule has 3 N–H and O–H groups in total. The van der Waals surface area contributed by atoms with E-state index in [0.29, 0.717) is 41.4 Å². The van der Waals surface area contributed by atoms with Gasteiger partial charge in [-0.05, 0) is 55.9 Å². The summed E-state index contributed by atoms with van der Waals surface area (Å²) in [5, 5.41) is 3.25. The van der Waals surface area contributed by atoms with Crippen molar-refractivity contribution in [2.24, 2.45) is 5.73 Å². The van der Waals surface area contributed by atoms with Crippen LogP contribution in [-0.4, -0.2) is 66.5 Å². The van der Waals surface area contributed by atoms with Gasteiger partial charge in [0.1, 0.15) is 0 Å². The molecule has 9 nitrogen and oxygen atoms in total. The first-order chi connectivity index (χ1) is 16.9. The molecule has 2 amide bonds. The number of hydrogen-bond donors (Lipinski definition) is 2. The Morgan fingerprint density at radius 2 is 1.77 bits per heavy atom. The molecule has 2 aliphatic rings. The van der Waals surface area contributed by atoms with E-state index >= 15 is 0 Å². The summed E-state index contributed by atoms with van der Waals surface area (Å²) in [5.74, 6) is -0.241. The van der Waals surface area contributed by atoms with Crippen molar-refractivity contribution in [3.05, 3.63) is 71.0 Å². The fourth-order valence-electron chi connectivity index (χ4n) is 4.54. The van der Waals surface area contributed by atoms with Crippen molar-refractivity contribution in [2.45, 2.75) is 13.3 Å². The smallest absolute Gasteiger partial charge is 0.261 e. The summed E-state index contributed by atoms with van der Waals surface area (Å²) in [6.45, 7) is 6.54. The zero-order chi connectivity index (χ0) is 24.5. The number of benzene rings is 2. The van der Waals surface area contributed by atoms with E-state index in [4.69, 9.17) is 5.73 Å². The highest BCUT2D eigenvalue weighted by Gasteiger charge is 2.28. The highest BCUT2D eigenvalue weighted by molar-refractivity contribution is 6.08. The van der Waals surface area contributed by atoms with Gasteiger partial charge in [0, 0.05) is 68.0 Å². The molecule has 5 rings (SSSR count). The second kappa shape index (κ2) is 9.34. The molecular weight excluding hydrogens is 442 g/mol. The number of nitrogens with zero attached hydrogens (tertiary/aromatic N) is 5. The normalized spacial score (nSPS) is 16.2. The molecule has 0 spiro atoms. The predicted molar refractivity (Wildman–Crippen MR) is 137 cm³/mol. The van der Waals surface area contributed by atoms with Gasteiger partial charge in [-0.25, -0.2) is 9.97 Å². The van der Waals surface area contributed by atoms with E-state index in [0.717, 1.165) is 37.4 Å². The van der Waals surface area contributed by atoms with E-state index in [-0.39, 0.29) is 5.91 Å². The van der Waals surface area contributed by atoms with Crippen molar-refractivity contribution in [2.75, 3.05) is 54.9 Å². The van der Waals surface area contributed by atoms with Gasteiger partial charge in [-0.3, -0.25) is 9.59 Å². The third-order valence-electron chi connectivity index (χ3n) is 6.69. The van der Waals surface area contributed by atoms with E-state index in [1.807, 2.05) is 19.1 Å². The number of rotatable bonds is 5. The first-order valence-electron chi connectivity index (χ1n) is 11.8. The number of amides is 2. The number of piperazine rings is 1. The van der Waals surface area contributed by atoms with Crippen LogP contribution in [0.2, 0.25) is 0 Å². The number of likely N-dealkylation sites (N-methyl/N-ethyl adjacent to an activating group) is 1. The molecule has 0 unspecified atom stereocenters. The maximum Gasteiger partial charge on any atom is 0.261 e. The van der Waals surface area contributed by atoms with Gasteiger partial charge in [0.15, 0.2) is 0 Å². The number of carbonyl (C=O) groups excluding carboxylic acids is 2. The fourth-order valence-corrected chi connectivity index (χ4v) is 4.54. The fraction of sp³-hybridized carbons (Fsp3) is 0.308. The lowest BCUT2D eigenvalue weighted by atomic mass is 10.0. The SMILES string of the molecule is Cc1ccc(C(N)=O)cc1N1CCc2nc(Nc3ccc(N4CCN(C)CC4)cc3)ncc2C1=O. The van der Waals surface area contributed by atoms with Gasteiger partial charge in [0.05, 0.1) is 11.3 Å². The van der Waals surface area contributed by atoms with Crippen LogP contribution in [0.4, 0.5) is 23.0 Å².